The van der Waals surface area contributed by atoms with Crippen LogP contribution in [-0.4, -0.2) is 13.0 Å². The van der Waals surface area contributed by atoms with Crippen LogP contribution >= 0.6 is 31.9 Å². The summed E-state index contributed by atoms with van der Waals surface area (Å²) in [6.45, 7) is 4.54. The lowest BCUT2D eigenvalue weighted by molar-refractivity contribution is -0.117. The number of benzene rings is 3. The molecule has 7 heteroatoms. The fraction of sp³-hybridized carbons (Fsp3) is 0.143. The number of hydrogen-bond acceptors (Lipinski definition) is 4. The number of carbonyl (C=O) groups excluding carboxylic acids is 1. The van der Waals surface area contributed by atoms with Crippen LogP contribution in [0, 0.1) is 11.3 Å². The highest BCUT2D eigenvalue weighted by molar-refractivity contribution is 9.10. The number of allylic oxidation sites excluding steroid dienone is 1. The first-order valence-corrected chi connectivity index (χ1v) is 12.4. The maximum absolute atomic E-state index is 12.6. The Bertz CT molecular complexity index is 1260. The second-order valence-corrected chi connectivity index (χ2v) is 9.37. The van der Waals surface area contributed by atoms with E-state index in [1.807, 2.05) is 66.7 Å². The van der Waals surface area contributed by atoms with Crippen molar-refractivity contribution in [3.05, 3.63) is 110 Å². The average molecular weight is 596 g/mol. The summed E-state index contributed by atoms with van der Waals surface area (Å²) in [6.07, 6.45) is 3.93. The predicted octanol–water partition coefficient (Wildman–Crippen LogP) is 6.75. The van der Waals surface area contributed by atoms with Gasteiger partial charge in [-0.3, -0.25) is 4.79 Å². The van der Waals surface area contributed by atoms with Crippen LogP contribution in [0.1, 0.15) is 22.3 Å². The smallest absolute Gasteiger partial charge is 0.262 e. The van der Waals surface area contributed by atoms with Crippen molar-refractivity contribution in [1.82, 2.24) is 5.32 Å². The highest BCUT2D eigenvalue weighted by atomic mass is 79.9. The van der Waals surface area contributed by atoms with E-state index >= 15 is 0 Å². The Balaban J connectivity index is 1.76. The van der Waals surface area contributed by atoms with Crippen molar-refractivity contribution in [3.8, 4) is 17.6 Å². The number of nitrogens with one attached hydrogen (secondary N) is 1. The minimum atomic E-state index is -0.444. The molecule has 0 aliphatic rings. The zero-order valence-corrected chi connectivity index (χ0v) is 22.4. The van der Waals surface area contributed by atoms with Gasteiger partial charge in [-0.2, -0.15) is 5.26 Å². The van der Waals surface area contributed by atoms with E-state index in [0.29, 0.717) is 30.9 Å². The Labute approximate surface area is 222 Å². The van der Waals surface area contributed by atoms with Crippen LogP contribution < -0.4 is 14.8 Å². The highest BCUT2D eigenvalue weighted by Gasteiger charge is 2.13. The molecule has 0 radical (unpaired) electrons. The summed E-state index contributed by atoms with van der Waals surface area (Å²) in [5.41, 5.74) is 3.56. The normalized spacial score (nSPS) is 10.9. The Morgan fingerprint density at radius 2 is 1.77 bits per heavy atom. The molecule has 1 N–H and O–H groups in total. The summed E-state index contributed by atoms with van der Waals surface area (Å²) in [6, 6.07) is 21.0. The summed E-state index contributed by atoms with van der Waals surface area (Å²) in [5, 5.41) is 12.4. The molecule has 0 aromatic heterocycles. The van der Waals surface area contributed by atoms with Gasteiger partial charge in [-0.15, -0.1) is 6.58 Å². The van der Waals surface area contributed by atoms with Crippen LogP contribution in [0.25, 0.3) is 6.08 Å². The van der Waals surface area contributed by atoms with Crippen LogP contribution in [0.15, 0.2) is 87.8 Å². The Morgan fingerprint density at radius 1 is 1.09 bits per heavy atom. The third-order valence-corrected chi connectivity index (χ3v) is 6.21. The number of rotatable bonds is 10. The largest absolute Gasteiger partial charge is 0.497 e. The molecular weight excluding hydrogens is 572 g/mol. The number of nitriles is 1. The van der Waals surface area contributed by atoms with E-state index in [4.69, 9.17) is 9.47 Å². The van der Waals surface area contributed by atoms with Crippen molar-refractivity contribution in [2.75, 3.05) is 7.11 Å². The molecule has 5 nitrogen and oxygen atoms in total. The van der Waals surface area contributed by atoms with Gasteiger partial charge in [0.15, 0.2) is 0 Å². The van der Waals surface area contributed by atoms with E-state index in [-0.39, 0.29) is 5.57 Å². The Kier molecular flexibility index (Phi) is 9.71. The molecule has 0 bridgehead atoms. The first-order valence-electron chi connectivity index (χ1n) is 10.8. The van der Waals surface area contributed by atoms with Crippen molar-refractivity contribution in [2.24, 2.45) is 0 Å². The molecule has 0 heterocycles. The Morgan fingerprint density at radius 3 is 2.40 bits per heavy atom. The monoisotopic (exact) mass is 594 g/mol. The first-order chi connectivity index (χ1) is 16.9. The molecular formula is C28H24Br2N2O3. The maximum Gasteiger partial charge on any atom is 0.262 e. The second-order valence-electron chi connectivity index (χ2n) is 7.60. The average Bonchev–Trinajstić information content (AvgIpc) is 2.87. The summed E-state index contributed by atoms with van der Waals surface area (Å²) < 4.78 is 13.0. The molecule has 0 unspecified atom stereocenters. The van der Waals surface area contributed by atoms with Gasteiger partial charge in [0.1, 0.15) is 29.7 Å². The van der Waals surface area contributed by atoms with Gasteiger partial charge in [0.25, 0.3) is 5.91 Å². The van der Waals surface area contributed by atoms with Crippen molar-refractivity contribution >= 4 is 43.8 Å². The van der Waals surface area contributed by atoms with Crippen molar-refractivity contribution in [2.45, 2.75) is 19.6 Å². The number of nitrogens with zero attached hydrogens (tertiary/aromatic N) is 1. The Hall–Kier alpha value is -3.34. The molecule has 0 spiro atoms. The van der Waals surface area contributed by atoms with Gasteiger partial charge in [0.05, 0.1) is 11.6 Å². The zero-order chi connectivity index (χ0) is 25.2. The van der Waals surface area contributed by atoms with E-state index in [1.54, 1.807) is 19.3 Å². The first kappa shape index (κ1) is 26.3. The van der Waals surface area contributed by atoms with Crippen molar-refractivity contribution < 1.29 is 14.3 Å². The lowest BCUT2D eigenvalue weighted by Gasteiger charge is -2.14. The molecule has 3 rings (SSSR count). The summed E-state index contributed by atoms with van der Waals surface area (Å²) in [7, 11) is 1.60. The quantitative estimate of drug-likeness (QED) is 0.160. The molecule has 0 fully saturated rings. The predicted molar refractivity (Wildman–Crippen MR) is 145 cm³/mol. The van der Waals surface area contributed by atoms with Gasteiger partial charge in [0, 0.05) is 11.0 Å². The van der Waals surface area contributed by atoms with Gasteiger partial charge in [-0.05, 0) is 87.1 Å². The van der Waals surface area contributed by atoms with Gasteiger partial charge >= 0.3 is 0 Å². The van der Waals surface area contributed by atoms with E-state index in [9.17, 15) is 10.1 Å². The zero-order valence-electron chi connectivity index (χ0n) is 19.2. The molecule has 1 amide bonds. The highest BCUT2D eigenvalue weighted by Crippen LogP contribution is 2.33. The second kappa shape index (κ2) is 12.9. The molecule has 0 aliphatic heterocycles. The molecule has 0 saturated heterocycles. The summed E-state index contributed by atoms with van der Waals surface area (Å²) >= 11 is 7.02. The number of carbonyl (C=O) groups is 1. The van der Waals surface area contributed by atoms with Gasteiger partial charge < -0.3 is 14.8 Å². The minimum Gasteiger partial charge on any atom is -0.497 e. The van der Waals surface area contributed by atoms with E-state index in [0.717, 1.165) is 31.4 Å². The standard InChI is InChI=1S/C28H24Br2N2O3/c1-3-4-22-13-21(15-26(30)27(22)35-18-20-5-9-24(29)10-6-20)14-23(16-31)28(33)32-17-19-7-11-25(34-2)12-8-19/h3,5-15H,1,4,17-18H2,2H3,(H,32,33)/b23-14-. The SMILES string of the molecule is C=CCc1cc(/C=C(/C#N)C(=O)NCc2ccc(OC)cc2)cc(Br)c1OCc1ccc(Br)cc1. The van der Waals surface area contributed by atoms with Crippen molar-refractivity contribution in [1.29, 1.82) is 5.26 Å². The lowest BCUT2D eigenvalue weighted by atomic mass is 10.0. The van der Waals surface area contributed by atoms with Crippen LogP contribution in [0.2, 0.25) is 0 Å². The number of amides is 1. The molecule has 35 heavy (non-hydrogen) atoms. The van der Waals surface area contributed by atoms with Crippen molar-refractivity contribution in [3.63, 3.8) is 0 Å². The van der Waals surface area contributed by atoms with E-state index < -0.39 is 5.91 Å². The molecule has 0 atom stereocenters. The van der Waals surface area contributed by atoms with Gasteiger partial charge in [-0.25, -0.2) is 0 Å². The summed E-state index contributed by atoms with van der Waals surface area (Å²) in [4.78, 5) is 12.6. The fourth-order valence-electron chi connectivity index (χ4n) is 3.30. The molecule has 0 saturated carbocycles. The topological polar surface area (TPSA) is 71.4 Å². The molecule has 3 aromatic rings. The van der Waals surface area contributed by atoms with Crippen LogP contribution in [-0.2, 0) is 24.4 Å². The molecule has 0 aliphatic carbocycles. The fourth-order valence-corrected chi connectivity index (χ4v) is 4.20. The number of hydrogen-bond donors (Lipinski definition) is 1. The minimum absolute atomic E-state index is 0.0125. The molecule has 3 aromatic carbocycles. The maximum atomic E-state index is 12.6. The van der Waals surface area contributed by atoms with Gasteiger partial charge in [0.2, 0.25) is 0 Å². The number of methoxy groups -OCH3 is 1. The van der Waals surface area contributed by atoms with Crippen LogP contribution in [0.5, 0.6) is 11.5 Å². The molecule has 178 valence electrons. The van der Waals surface area contributed by atoms with E-state index in [2.05, 4.69) is 43.8 Å². The van der Waals surface area contributed by atoms with Gasteiger partial charge in [-0.1, -0.05) is 46.3 Å². The summed E-state index contributed by atoms with van der Waals surface area (Å²) in [5.74, 6) is 0.996. The third-order valence-electron chi connectivity index (χ3n) is 5.09. The van der Waals surface area contributed by atoms with Crippen LogP contribution in [0.4, 0.5) is 0 Å². The number of halogens is 2. The third kappa shape index (κ3) is 7.57. The number of ether oxygens (including phenoxy) is 2. The van der Waals surface area contributed by atoms with E-state index in [1.165, 1.54) is 0 Å². The lowest BCUT2D eigenvalue weighted by Crippen LogP contribution is -2.23. The van der Waals surface area contributed by atoms with Crippen LogP contribution in [0.3, 0.4) is 0 Å².